The van der Waals surface area contributed by atoms with Crippen molar-refractivity contribution in [2.24, 2.45) is 0 Å². The molecule has 0 aliphatic carbocycles. The number of carbonyl (C=O) groups is 2. The fourth-order valence-electron chi connectivity index (χ4n) is 3.74. The van der Waals surface area contributed by atoms with Crippen LogP contribution in [0.15, 0.2) is 59.6 Å². The molecule has 1 aromatic heterocycles. The Morgan fingerprint density at radius 3 is 2.30 bits per heavy atom. The Balaban J connectivity index is 1.66. The number of aryl methyl sites for hydroxylation is 1. The normalized spacial score (nSPS) is 17.3. The summed E-state index contributed by atoms with van der Waals surface area (Å²) in [6, 6.07) is 9.38. The molecule has 4 rings (SSSR count). The second kappa shape index (κ2) is 7.84. The van der Waals surface area contributed by atoms with Gasteiger partial charge in [0.05, 0.1) is 16.1 Å². The SMILES string of the molecule is Cc1cnc2ccccc2c1CN1C(=O)N(c2ccc(S(=O)(=O)C(F)(F)F)cc2)C(=O)C1C. The molecule has 7 nitrogen and oxygen atoms in total. The third-order valence-electron chi connectivity index (χ3n) is 5.62. The summed E-state index contributed by atoms with van der Waals surface area (Å²) in [6.07, 6.45) is 1.68. The van der Waals surface area contributed by atoms with Crippen LogP contribution in [0, 0.1) is 6.92 Å². The number of aromatic nitrogens is 1. The van der Waals surface area contributed by atoms with Crippen molar-refractivity contribution < 1.29 is 31.2 Å². The summed E-state index contributed by atoms with van der Waals surface area (Å²) >= 11 is 0. The Bertz CT molecular complexity index is 1370. The van der Waals surface area contributed by atoms with Crippen LogP contribution in [-0.4, -0.2) is 41.8 Å². The predicted octanol–water partition coefficient (Wildman–Crippen LogP) is 4.19. The number of hydrogen-bond donors (Lipinski definition) is 0. The number of benzene rings is 2. The molecule has 3 amide bonds. The Labute approximate surface area is 187 Å². The maximum atomic E-state index is 13.1. The first-order chi connectivity index (χ1) is 15.4. The van der Waals surface area contributed by atoms with Gasteiger partial charge >= 0.3 is 11.5 Å². The quantitative estimate of drug-likeness (QED) is 0.526. The summed E-state index contributed by atoms with van der Waals surface area (Å²) in [4.78, 5) is 31.6. The third kappa shape index (κ3) is 3.71. The molecule has 1 fully saturated rings. The predicted molar refractivity (Wildman–Crippen MR) is 114 cm³/mol. The number of sulfone groups is 1. The van der Waals surface area contributed by atoms with Crippen LogP contribution in [0.3, 0.4) is 0 Å². The maximum absolute atomic E-state index is 13.1. The van der Waals surface area contributed by atoms with Crippen molar-refractivity contribution in [3.05, 3.63) is 65.9 Å². The molecule has 0 bridgehead atoms. The molecule has 1 atom stereocenters. The van der Waals surface area contributed by atoms with E-state index in [0.29, 0.717) is 0 Å². The number of para-hydroxylation sites is 1. The van der Waals surface area contributed by atoms with E-state index >= 15 is 0 Å². The molecule has 0 radical (unpaired) electrons. The van der Waals surface area contributed by atoms with Gasteiger partial charge in [0.1, 0.15) is 6.04 Å². The number of anilines is 1. The lowest BCUT2D eigenvalue weighted by Gasteiger charge is -2.21. The van der Waals surface area contributed by atoms with Crippen molar-refractivity contribution in [3.63, 3.8) is 0 Å². The van der Waals surface area contributed by atoms with Gasteiger partial charge in [-0.3, -0.25) is 9.78 Å². The van der Waals surface area contributed by atoms with Gasteiger partial charge in [0.15, 0.2) is 0 Å². The number of pyridine rings is 1. The molecule has 0 N–H and O–H groups in total. The summed E-state index contributed by atoms with van der Waals surface area (Å²) in [6.45, 7) is 3.53. The minimum atomic E-state index is -5.54. The molecule has 1 saturated heterocycles. The van der Waals surface area contributed by atoms with Crippen LogP contribution in [0.1, 0.15) is 18.1 Å². The molecule has 2 heterocycles. The van der Waals surface area contributed by atoms with Crippen LogP contribution < -0.4 is 4.90 Å². The lowest BCUT2D eigenvalue weighted by Crippen LogP contribution is -2.33. The Morgan fingerprint density at radius 2 is 1.67 bits per heavy atom. The second-order valence-corrected chi connectivity index (χ2v) is 9.58. The molecule has 1 unspecified atom stereocenters. The molecule has 11 heteroatoms. The highest BCUT2D eigenvalue weighted by Crippen LogP contribution is 2.33. The average Bonchev–Trinajstić information content (AvgIpc) is 2.98. The Hall–Kier alpha value is -3.47. The largest absolute Gasteiger partial charge is 0.501 e. The number of urea groups is 1. The molecule has 3 aromatic rings. The molecule has 33 heavy (non-hydrogen) atoms. The number of rotatable bonds is 4. The zero-order valence-corrected chi connectivity index (χ0v) is 18.3. The number of hydrogen-bond acceptors (Lipinski definition) is 5. The van der Waals surface area contributed by atoms with Crippen LogP contribution in [0.5, 0.6) is 0 Å². The standard InChI is InChI=1S/C22H18F3N3O4S/c1-13-11-26-19-6-4-3-5-17(19)18(13)12-27-14(2)20(29)28(21(27)30)15-7-9-16(10-8-15)33(31,32)22(23,24)25/h3-11,14H,12H2,1-2H3. The van der Waals surface area contributed by atoms with Crippen LogP contribution in [0.25, 0.3) is 10.9 Å². The number of alkyl halides is 3. The minimum Gasteiger partial charge on any atom is -0.308 e. The lowest BCUT2D eigenvalue weighted by molar-refractivity contribution is -0.119. The first-order valence-electron chi connectivity index (χ1n) is 9.82. The first-order valence-corrected chi connectivity index (χ1v) is 11.3. The van der Waals surface area contributed by atoms with Gasteiger partial charge in [-0.05, 0) is 55.3 Å². The fourth-order valence-corrected chi connectivity index (χ4v) is 4.50. The molecule has 1 aliphatic rings. The lowest BCUT2D eigenvalue weighted by atomic mass is 10.0. The van der Waals surface area contributed by atoms with E-state index in [1.54, 1.807) is 13.1 Å². The summed E-state index contributed by atoms with van der Waals surface area (Å²) in [7, 11) is -5.54. The first kappa shape index (κ1) is 22.7. The van der Waals surface area contributed by atoms with Gasteiger partial charge < -0.3 is 4.90 Å². The second-order valence-electron chi connectivity index (χ2n) is 7.64. The van der Waals surface area contributed by atoms with E-state index in [1.807, 2.05) is 31.2 Å². The molecule has 172 valence electrons. The number of imide groups is 1. The van der Waals surface area contributed by atoms with Crippen molar-refractivity contribution in [1.82, 2.24) is 9.88 Å². The van der Waals surface area contributed by atoms with Gasteiger partial charge in [0.25, 0.3) is 15.7 Å². The van der Waals surface area contributed by atoms with E-state index < -0.39 is 38.2 Å². The molecular formula is C22H18F3N3O4S. The number of nitrogens with zero attached hydrogens (tertiary/aromatic N) is 3. The van der Waals surface area contributed by atoms with E-state index in [-0.39, 0.29) is 12.2 Å². The van der Waals surface area contributed by atoms with E-state index in [9.17, 15) is 31.2 Å². The Morgan fingerprint density at radius 1 is 1.03 bits per heavy atom. The molecular weight excluding hydrogens is 459 g/mol. The monoisotopic (exact) mass is 477 g/mol. The maximum Gasteiger partial charge on any atom is 0.501 e. The van der Waals surface area contributed by atoms with Gasteiger partial charge in [-0.15, -0.1) is 0 Å². The summed E-state index contributed by atoms with van der Waals surface area (Å²) in [5.41, 5.74) is -3.08. The number of carbonyl (C=O) groups excluding carboxylic acids is 2. The van der Waals surface area contributed by atoms with Crippen molar-refractivity contribution in [1.29, 1.82) is 0 Å². The van der Waals surface area contributed by atoms with E-state index in [1.165, 1.54) is 4.90 Å². The van der Waals surface area contributed by atoms with E-state index in [0.717, 1.165) is 51.2 Å². The zero-order chi connectivity index (χ0) is 24.1. The van der Waals surface area contributed by atoms with Crippen molar-refractivity contribution in [2.45, 2.75) is 36.8 Å². The molecule has 0 spiro atoms. The zero-order valence-electron chi connectivity index (χ0n) is 17.5. The van der Waals surface area contributed by atoms with Crippen LogP contribution in [0.4, 0.5) is 23.7 Å². The van der Waals surface area contributed by atoms with Gasteiger partial charge in [0, 0.05) is 18.1 Å². The fraction of sp³-hybridized carbons (Fsp3) is 0.227. The van der Waals surface area contributed by atoms with Crippen LogP contribution in [0.2, 0.25) is 0 Å². The van der Waals surface area contributed by atoms with Crippen LogP contribution in [-0.2, 0) is 21.2 Å². The Kier molecular flexibility index (Phi) is 5.39. The van der Waals surface area contributed by atoms with Crippen molar-refractivity contribution in [3.8, 4) is 0 Å². The topological polar surface area (TPSA) is 87.7 Å². The highest BCUT2D eigenvalue weighted by atomic mass is 32.2. The van der Waals surface area contributed by atoms with Crippen molar-refractivity contribution >= 4 is 38.4 Å². The van der Waals surface area contributed by atoms with Gasteiger partial charge in [-0.2, -0.15) is 13.2 Å². The van der Waals surface area contributed by atoms with Gasteiger partial charge in [-0.25, -0.2) is 18.1 Å². The van der Waals surface area contributed by atoms with E-state index in [2.05, 4.69) is 4.98 Å². The number of fused-ring (bicyclic) bond motifs is 1. The number of halogens is 3. The molecule has 2 aromatic carbocycles. The summed E-state index contributed by atoms with van der Waals surface area (Å²) < 4.78 is 61.5. The molecule has 1 aliphatic heterocycles. The van der Waals surface area contributed by atoms with Crippen LogP contribution >= 0.6 is 0 Å². The third-order valence-corrected chi connectivity index (χ3v) is 7.13. The van der Waals surface area contributed by atoms with Gasteiger partial charge in [0.2, 0.25) is 0 Å². The highest BCUT2D eigenvalue weighted by Gasteiger charge is 2.47. The van der Waals surface area contributed by atoms with E-state index in [4.69, 9.17) is 0 Å². The minimum absolute atomic E-state index is 0.0169. The average molecular weight is 477 g/mol. The smallest absolute Gasteiger partial charge is 0.308 e. The van der Waals surface area contributed by atoms with Gasteiger partial charge in [-0.1, -0.05) is 18.2 Å². The molecule has 0 saturated carbocycles. The highest BCUT2D eigenvalue weighted by molar-refractivity contribution is 7.92. The number of amides is 3. The summed E-state index contributed by atoms with van der Waals surface area (Å²) in [5.74, 6) is -0.567. The van der Waals surface area contributed by atoms with Crippen molar-refractivity contribution in [2.75, 3.05) is 4.90 Å². The summed E-state index contributed by atoms with van der Waals surface area (Å²) in [5, 5.41) is 0.838.